The molecule has 3 aromatic rings. The molecule has 0 spiro atoms. The average molecular weight is 737 g/mol. The van der Waals surface area contributed by atoms with Crippen LogP contribution in [0.3, 0.4) is 0 Å². The van der Waals surface area contributed by atoms with E-state index in [4.69, 9.17) is 21.9 Å². The van der Waals surface area contributed by atoms with Crippen molar-refractivity contribution in [1.29, 1.82) is 0 Å². The summed E-state index contributed by atoms with van der Waals surface area (Å²) in [5.74, 6) is -1.88. The Labute approximate surface area is 309 Å². The van der Waals surface area contributed by atoms with E-state index in [1.807, 2.05) is 90.5 Å². The van der Waals surface area contributed by atoms with E-state index in [2.05, 4.69) is 15.5 Å². The number of carboxylic acid groups (broad SMARTS) is 2. The molecule has 274 valence electrons. The first-order chi connectivity index (χ1) is 24.5. The van der Waals surface area contributed by atoms with Crippen LogP contribution in [0.15, 0.2) is 71.6 Å². The van der Waals surface area contributed by atoms with Crippen molar-refractivity contribution in [3.05, 3.63) is 89.2 Å². The molecule has 4 rings (SSSR count). The third-order valence-electron chi connectivity index (χ3n) is 8.28. The van der Waals surface area contributed by atoms with Crippen molar-refractivity contribution in [3.8, 4) is 0 Å². The number of ether oxygens (including phenoxy) is 1. The molecule has 1 aromatic heterocycles. The van der Waals surface area contributed by atoms with Gasteiger partial charge in [0, 0.05) is 68.9 Å². The first kappa shape index (κ1) is 39.9. The highest BCUT2D eigenvalue weighted by Crippen LogP contribution is 2.21. The van der Waals surface area contributed by atoms with Crippen LogP contribution in [-0.2, 0) is 38.6 Å². The fraction of sp³-hybridized carbons (Fsp3) is 0.432. The van der Waals surface area contributed by atoms with Gasteiger partial charge in [-0.05, 0) is 81.0 Å². The third-order valence-corrected chi connectivity index (χ3v) is 9.47. The highest BCUT2D eigenvalue weighted by atomic mass is 32.2. The lowest BCUT2D eigenvalue weighted by atomic mass is 10.0. The van der Waals surface area contributed by atoms with E-state index < -0.39 is 11.9 Å². The van der Waals surface area contributed by atoms with Crippen molar-refractivity contribution in [2.45, 2.75) is 50.2 Å². The molecule has 1 atom stereocenters. The van der Waals surface area contributed by atoms with Crippen molar-refractivity contribution in [3.63, 3.8) is 0 Å². The SMILES string of the molecule is Cc1ccc(SC(=O)CCOCCCNC(=S)Nc2ccc(CC3CN(CC(=O)O)CCN(C)Cc4cccc(n4)CN3CC(=O)O)cc2)cc1. The van der Waals surface area contributed by atoms with Gasteiger partial charge in [-0.25, -0.2) is 0 Å². The number of rotatable bonds is 15. The second-order valence-corrected chi connectivity index (χ2v) is 14.3. The van der Waals surface area contributed by atoms with E-state index in [0.29, 0.717) is 70.4 Å². The molecule has 51 heavy (non-hydrogen) atoms. The molecule has 0 fully saturated rings. The number of carboxylic acids is 2. The highest BCUT2D eigenvalue weighted by Gasteiger charge is 2.26. The number of fused-ring (bicyclic) bond motifs is 2. The van der Waals surface area contributed by atoms with Crippen LogP contribution in [0.25, 0.3) is 0 Å². The number of hydrogen-bond donors (Lipinski definition) is 4. The number of carbonyl (C=O) groups is 3. The Bertz CT molecular complexity index is 1590. The molecule has 0 saturated carbocycles. The number of aromatic nitrogens is 1. The molecular weight excluding hydrogens is 689 g/mol. The van der Waals surface area contributed by atoms with E-state index in [-0.39, 0.29) is 24.2 Å². The van der Waals surface area contributed by atoms with Gasteiger partial charge in [-0.3, -0.25) is 34.1 Å². The van der Waals surface area contributed by atoms with Gasteiger partial charge in [0.15, 0.2) is 10.2 Å². The van der Waals surface area contributed by atoms with Gasteiger partial charge in [-0.15, -0.1) is 0 Å². The maximum absolute atomic E-state index is 12.2. The number of nitrogens with zero attached hydrogens (tertiary/aromatic N) is 4. The van der Waals surface area contributed by atoms with Crippen LogP contribution in [0.1, 0.15) is 35.4 Å². The number of thioether (sulfide) groups is 1. The molecule has 1 unspecified atom stereocenters. The predicted octanol–water partition coefficient (Wildman–Crippen LogP) is 4.12. The molecule has 0 saturated heterocycles. The Kier molecular flexibility index (Phi) is 16.3. The summed E-state index contributed by atoms with van der Waals surface area (Å²) in [6, 6.07) is 21.2. The van der Waals surface area contributed by atoms with Crippen molar-refractivity contribution in [1.82, 2.24) is 25.0 Å². The molecule has 1 aliphatic heterocycles. The summed E-state index contributed by atoms with van der Waals surface area (Å²) in [5.41, 5.74) is 4.60. The topological polar surface area (TPSA) is 148 Å². The zero-order chi connectivity index (χ0) is 36.6. The largest absolute Gasteiger partial charge is 0.480 e. The summed E-state index contributed by atoms with van der Waals surface area (Å²) in [6.07, 6.45) is 1.59. The van der Waals surface area contributed by atoms with Gasteiger partial charge in [-0.1, -0.05) is 47.7 Å². The number of hydrogen-bond acceptors (Lipinski definition) is 10. The minimum absolute atomic E-state index is 0.0769. The Morgan fingerprint density at radius 1 is 0.941 bits per heavy atom. The number of aryl methyl sites for hydroxylation is 1. The van der Waals surface area contributed by atoms with Crippen LogP contribution in [0.2, 0.25) is 0 Å². The molecule has 2 aromatic carbocycles. The minimum Gasteiger partial charge on any atom is -0.480 e. The first-order valence-corrected chi connectivity index (χ1v) is 18.3. The number of anilines is 1. The van der Waals surface area contributed by atoms with Crippen LogP contribution >= 0.6 is 24.0 Å². The Morgan fingerprint density at radius 3 is 2.35 bits per heavy atom. The number of likely N-dealkylation sites (N-methyl/N-ethyl adjacent to an activating group) is 1. The fourth-order valence-corrected chi connectivity index (χ4v) is 6.64. The summed E-state index contributed by atoms with van der Waals surface area (Å²) in [7, 11) is 1.98. The monoisotopic (exact) mass is 736 g/mol. The van der Waals surface area contributed by atoms with Crippen molar-refractivity contribution < 1.29 is 29.3 Å². The van der Waals surface area contributed by atoms with Gasteiger partial charge >= 0.3 is 11.9 Å². The van der Waals surface area contributed by atoms with E-state index in [0.717, 1.165) is 39.5 Å². The van der Waals surface area contributed by atoms with E-state index in [9.17, 15) is 24.6 Å². The predicted molar refractivity (Wildman–Crippen MR) is 203 cm³/mol. The first-order valence-electron chi connectivity index (χ1n) is 17.0. The number of thiocarbonyl (C=S) groups is 1. The summed E-state index contributed by atoms with van der Waals surface area (Å²) >= 11 is 6.71. The summed E-state index contributed by atoms with van der Waals surface area (Å²) in [4.78, 5) is 47.6. The van der Waals surface area contributed by atoms with E-state index >= 15 is 0 Å². The van der Waals surface area contributed by atoms with Crippen molar-refractivity contribution in [2.24, 2.45) is 0 Å². The highest BCUT2D eigenvalue weighted by molar-refractivity contribution is 8.13. The second-order valence-electron chi connectivity index (χ2n) is 12.7. The van der Waals surface area contributed by atoms with Crippen LogP contribution in [-0.4, -0.2) is 118 Å². The standard InChI is InChI=1S/C37H48N6O6S2/c1-27-7-13-33(14-8-27)51-36(48)15-20-49-19-4-16-38-37(50)40-29-11-9-28(10-12-29)21-32-24-42(25-34(44)45)18-17-41(2)22-30-5-3-6-31(39-30)23-43(32)26-35(46)47/h3,5-14,32H,4,15-26H2,1-2H3,(H,44,45)(H,46,47)(H2,38,40,50). The normalized spacial score (nSPS) is 16.1. The number of benzene rings is 2. The van der Waals surface area contributed by atoms with Crippen LogP contribution in [0.5, 0.6) is 0 Å². The Balaban J connectivity index is 1.28. The van der Waals surface area contributed by atoms with Crippen LogP contribution in [0, 0.1) is 6.92 Å². The molecule has 4 N–H and O–H groups in total. The summed E-state index contributed by atoms with van der Waals surface area (Å²) < 4.78 is 5.63. The van der Waals surface area contributed by atoms with E-state index in [1.165, 1.54) is 11.8 Å². The lowest BCUT2D eigenvalue weighted by Crippen LogP contribution is -2.49. The molecule has 12 nitrogen and oxygen atoms in total. The van der Waals surface area contributed by atoms with Crippen molar-refractivity contribution in [2.75, 3.05) is 64.8 Å². The lowest BCUT2D eigenvalue weighted by Gasteiger charge is -2.35. The quantitative estimate of drug-likeness (QED) is 0.101. The zero-order valence-electron chi connectivity index (χ0n) is 29.3. The molecule has 14 heteroatoms. The Hall–Kier alpha value is -3.92. The number of pyridine rings is 1. The zero-order valence-corrected chi connectivity index (χ0v) is 30.9. The van der Waals surface area contributed by atoms with Crippen LogP contribution in [0.4, 0.5) is 5.69 Å². The third kappa shape index (κ3) is 15.1. The van der Waals surface area contributed by atoms with Crippen LogP contribution < -0.4 is 10.6 Å². The number of aliphatic carboxylic acids is 2. The maximum atomic E-state index is 12.2. The minimum atomic E-state index is -0.956. The van der Waals surface area contributed by atoms with Crippen molar-refractivity contribution >= 4 is 51.8 Å². The molecule has 2 heterocycles. The number of carbonyl (C=O) groups excluding carboxylic acids is 1. The summed E-state index contributed by atoms with van der Waals surface area (Å²) in [5, 5.41) is 26.4. The number of nitrogens with one attached hydrogen (secondary N) is 2. The molecule has 1 aliphatic rings. The Morgan fingerprint density at radius 2 is 1.65 bits per heavy atom. The van der Waals surface area contributed by atoms with Gasteiger partial charge in [0.05, 0.1) is 31.1 Å². The van der Waals surface area contributed by atoms with Gasteiger partial charge in [-0.2, -0.15) is 0 Å². The van der Waals surface area contributed by atoms with Gasteiger partial charge in [0.25, 0.3) is 0 Å². The fourth-order valence-electron chi connectivity index (χ4n) is 5.70. The smallest absolute Gasteiger partial charge is 0.317 e. The summed E-state index contributed by atoms with van der Waals surface area (Å²) in [6.45, 7) is 5.65. The second kappa shape index (κ2) is 20.8. The molecule has 0 amide bonds. The molecule has 0 aliphatic carbocycles. The molecular formula is C37H48N6O6S2. The average Bonchev–Trinajstić information content (AvgIpc) is 3.07. The van der Waals surface area contributed by atoms with Gasteiger partial charge < -0.3 is 25.6 Å². The lowest BCUT2D eigenvalue weighted by molar-refractivity contribution is -0.141. The maximum Gasteiger partial charge on any atom is 0.317 e. The van der Waals surface area contributed by atoms with Gasteiger partial charge in [0.2, 0.25) is 0 Å². The van der Waals surface area contributed by atoms with Gasteiger partial charge in [0.1, 0.15) is 0 Å². The molecule has 2 bridgehead atoms. The molecule has 0 radical (unpaired) electrons. The van der Waals surface area contributed by atoms with E-state index in [1.54, 1.807) is 0 Å².